The van der Waals surface area contributed by atoms with Gasteiger partial charge >= 0.3 is 12.3 Å². The number of nitrogens with one attached hydrogen (secondary N) is 2. The Morgan fingerprint density at radius 1 is 0.635 bits per heavy atom. The molecule has 2 N–H and O–H groups in total. The molecule has 18 heteroatoms. The maximum atomic E-state index is 13.7. The van der Waals surface area contributed by atoms with Crippen molar-refractivity contribution < 1.29 is 60.2 Å². The lowest BCUT2D eigenvalue weighted by molar-refractivity contribution is -0.193. The van der Waals surface area contributed by atoms with E-state index in [9.17, 15) is 36.7 Å². The van der Waals surface area contributed by atoms with Crippen molar-refractivity contribution >= 4 is 24.1 Å². The number of pyridine rings is 1. The van der Waals surface area contributed by atoms with E-state index < -0.39 is 45.9 Å². The molecule has 4 aromatic carbocycles. The molecule has 0 fully saturated rings. The maximum Gasteiger partial charge on any atom is 0.373 e. The van der Waals surface area contributed by atoms with Gasteiger partial charge in [0, 0.05) is 49.6 Å². The van der Waals surface area contributed by atoms with Gasteiger partial charge in [-0.05, 0) is 37.1 Å². The average molecular weight is 872 g/mol. The van der Waals surface area contributed by atoms with Gasteiger partial charge in [0.2, 0.25) is 16.6 Å². The molecule has 0 radical (unpaired) electrons. The standard InChI is InChI=1S/C22H20F2N2O3.C21H17F2NO4.2CO2/c1-14-21(29-13-15-6-4-3-5-7-15)20(27)18(12-26(14)2)22(28)25-11-16-8-9-17(23)10-19(16)24;1-13-20(28-11-14-5-3-2-4-6-14)19(25)17(12-27-13)21(26)24-10-15-7-8-16(22)9-18(15)23;2*2-1-3/h3-10,12H,11,13H2,1-2H3,(H,25,28);2-9,12H,10-11H2,1H3,(H,24,26);;. The number of carbonyl (C=O) groups is 2. The van der Waals surface area contributed by atoms with Crippen molar-refractivity contribution in [1.82, 2.24) is 15.2 Å². The Bertz CT molecular complexity index is 2680. The quantitative estimate of drug-likeness (QED) is 0.136. The molecule has 326 valence electrons. The summed E-state index contributed by atoms with van der Waals surface area (Å²) in [4.78, 5) is 82.8. The third-order valence-electron chi connectivity index (χ3n) is 8.61. The smallest absolute Gasteiger partial charge is 0.373 e. The van der Waals surface area contributed by atoms with Crippen LogP contribution in [0.25, 0.3) is 0 Å². The van der Waals surface area contributed by atoms with Gasteiger partial charge in [-0.25, -0.2) is 17.6 Å². The SMILES string of the molecule is Cc1c(OCc2ccccc2)c(=O)c(C(=O)NCc2ccc(F)cc2F)cn1C.Cc1occ(C(=O)NCc2ccc(F)cc2F)c(=O)c1OCc1ccccc1.O=C=O.O=C=O. The summed E-state index contributed by atoms with van der Waals surface area (Å²) in [5.41, 5.74) is 0.951. The summed E-state index contributed by atoms with van der Waals surface area (Å²) in [7, 11) is 1.70. The molecule has 0 saturated carbocycles. The van der Waals surface area contributed by atoms with Crippen molar-refractivity contribution in [3.8, 4) is 11.5 Å². The fourth-order valence-corrected chi connectivity index (χ4v) is 5.32. The predicted molar refractivity (Wildman–Crippen MR) is 213 cm³/mol. The molecule has 0 bridgehead atoms. The molecular formula is C45H37F4N3O11. The van der Waals surface area contributed by atoms with Gasteiger partial charge in [-0.2, -0.15) is 19.2 Å². The second-order valence-electron chi connectivity index (χ2n) is 12.8. The second-order valence-corrected chi connectivity index (χ2v) is 12.8. The van der Waals surface area contributed by atoms with Crippen molar-refractivity contribution in [2.45, 2.75) is 40.2 Å². The first-order valence-corrected chi connectivity index (χ1v) is 18.2. The highest BCUT2D eigenvalue weighted by Crippen LogP contribution is 2.18. The Morgan fingerprint density at radius 3 is 1.49 bits per heavy atom. The molecule has 0 unspecified atom stereocenters. The zero-order chi connectivity index (χ0) is 46.5. The van der Waals surface area contributed by atoms with Crippen LogP contribution in [0.5, 0.6) is 11.5 Å². The highest BCUT2D eigenvalue weighted by molar-refractivity contribution is 5.94. The van der Waals surface area contributed by atoms with Gasteiger partial charge in [-0.3, -0.25) is 19.2 Å². The molecule has 0 aliphatic heterocycles. The largest absolute Gasteiger partial charge is 0.483 e. The Labute approximate surface area is 355 Å². The molecular weight excluding hydrogens is 834 g/mol. The van der Waals surface area contributed by atoms with Crippen molar-refractivity contribution in [2.75, 3.05) is 0 Å². The normalized spacial score (nSPS) is 9.83. The highest BCUT2D eigenvalue weighted by atomic mass is 19.1. The number of carbonyl (C=O) groups excluding carboxylic acids is 6. The Hall–Kier alpha value is -8.20. The van der Waals surface area contributed by atoms with E-state index >= 15 is 0 Å². The predicted octanol–water partition coefficient (Wildman–Crippen LogP) is 6.05. The van der Waals surface area contributed by atoms with Crippen LogP contribution < -0.4 is 31.0 Å². The van der Waals surface area contributed by atoms with Crippen LogP contribution in [0.15, 0.2) is 124 Å². The minimum atomic E-state index is -0.789. The number of rotatable bonds is 12. The van der Waals surface area contributed by atoms with Crippen molar-refractivity contribution in [3.63, 3.8) is 0 Å². The minimum absolute atomic E-state index is 0.0653. The number of aryl methyl sites for hydroxylation is 2. The Kier molecular flexibility index (Phi) is 19.3. The van der Waals surface area contributed by atoms with Crippen LogP contribution in [0.3, 0.4) is 0 Å². The zero-order valence-corrected chi connectivity index (χ0v) is 33.7. The summed E-state index contributed by atoms with van der Waals surface area (Å²) in [5.74, 6) is -4.14. The number of nitrogens with zero attached hydrogens (tertiary/aromatic N) is 1. The van der Waals surface area contributed by atoms with Crippen LogP contribution in [0.1, 0.15) is 54.4 Å². The molecule has 0 aliphatic rings. The molecule has 63 heavy (non-hydrogen) atoms. The third kappa shape index (κ3) is 14.8. The van der Waals surface area contributed by atoms with Gasteiger partial charge in [0.25, 0.3) is 11.8 Å². The molecule has 6 rings (SSSR count). The molecule has 14 nitrogen and oxygen atoms in total. The first kappa shape index (κ1) is 49.2. The maximum absolute atomic E-state index is 13.7. The molecule has 0 atom stereocenters. The fourth-order valence-electron chi connectivity index (χ4n) is 5.32. The van der Waals surface area contributed by atoms with E-state index in [4.69, 9.17) is 33.1 Å². The van der Waals surface area contributed by atoms with E-state index in [-0.39, 0.29) is 78.1 Å². The monoisotopic (exact) mass is 871 g/mol. The van der Waals surface area contributed by atoms with Crippen molar-refractivity contribution in [3.05, 3.63) is 198 Å². The molecule has 0 spiro atoms. The topological polar surface area (TPSA) is 197 Å². The van der Waals surface area contributed by atoms with Gasteiger partial charge < -0.3 is 29.1 Å². The molecule has 2 heterocycles. The van der Waals surface area contributed by atoms with Crippen LogP contribution >= 0.6 is 0 Å². The van der Waals surface area contributed by atoms with Gasteiger partial charge in [0.15, 0.2) is 5.75 Å². The lowest BCUT2D eigenvalue weighted by atomic mass is 10.1. The lowest BCUT2D eigenvalue weighted by Gasteiger charge is -2.14. The van der Waals surface area contributed by atoms with Gasteiger partial charge in [-0.1, -0.05) is 72.8 Å². The number of amides is 2. The number of aromatic nitrogens is 1. The molecule has 2 amide bonds. The van der Waals surface area contributed by atoms with Gasteiger partial charge in [-0.15, -0.1) is 0 Å². The zero-order valence-electron chi connectivity index (χ0n) is 33.7. The third-order valence-corrected chi connectivity index (χ3v) is 8.61. The summed E-state index contributed by atoms with van der Waals surface area (Å²) < 4.78 is 71.5. The summed E-state index contributed by atoms with van der Waals surface area (Å²) in [5, 5.41) is 4.91. The lowest BCUT2D eigenvalue weighted by Crippen LogP contribution is -2.30. The molecule has 6 aromatic rings. The first-order chi connectivity index (χ1) is 30.1. The Balaban J connectivity index is 0.000000298. The van der Waals surface area contributed by atoms with Crippen LogP contribution in [0.2, 0.25) is 0 Å². The number of halogens is 4. The molecule has 0 aliphatic carbocycles. The van der Waals surface area contributed by atoms with E-state index in [0.29, 0.717) is 5.69 Å². The number of benzene rings is 4. The van der Waals surface area contributed by atoms with Crippen LogP contribution in [0.4, 0.5) is 17.6 Å². The second kappa shape index (κ2) is 24.8. The van der Waals surface area contributed by atoms with E-state index in [1.807, 2.05) is 60.7 Å². The number of hydrogen-bond acceptors (Lipinski definition) is 11. The van der Waals surface area contributed by atoms with Crippen LogP contribution in [-0.4, -0.2) is 28.7 Å². The number of hydrogen-bond donors (Lipinski definition) is 2. The fraction of sp³-hybridized carbons (Fsp3) is 0.156. The van der Waals surface area contributed by atoms with Gasteiger partial charge in [0.1, 0.15) is 59.6 Å². The Morgan fingerprint density at radius 2 is 1.05 bits per heavy atom. The van der Waals surface area contributed by atoms with Crippen molar-refractivity contribution in [2.24, 2.45) is 7.05 Å². The number of ether oxygens (including phenoxy) is 2. The van der Waals surface area contributed by atoms with E-state index in [0.717, 1.165) is 41.7 Å². The summed E-state index contributed by atoms with van der Waals surface area (Å²) in [6.45, 7) is 3.20. The minimum Gasteiger partial charge on any atom is -0.483 e. The van der Waals surface area contributed by atoms with E-state index in [1.54, 1.807) is 25.5 Å². The summed E-state index contributed by atoms with van der Waals surface area (Å²) in [6.07, 6.45) is 2.94. The molecule has 0 saturated heterocycles. The van der Waals surface area contributed by atoms with E-state index in [1.165, 1.54) is 18.3 Å². The van der Waals surface area contributed by atoms with Gasteiger partial charge in [0.05, 0.1) is 5.69 Å². The van der Waals surface area contributed by atoms with Crippen LogP contribution in [-0.2, 0) is 52.5 Å². The first-order valence-electron chi connectivity index (χ1n) is 18.2. The van der Waals surface area contributed by atoms with Crippen LogP contribution in [0, 0.1) is 37.1 Å². The highest BCUT2D eigenvalue weighted by Gasteiger charge is 2.20. The molecule has 2 aromatic heterocycles. The summed E-state index contributed by atoms with van der Waals surface area (Å²) >= 11 is 0. The van der Waals surface area contributed by atoms with E-state index in [2.05, 4.69) is 10.6 Å². The van der Waals surface area contributed by atoms with Crippen molar-refractivity contribution in [1.29, 1.82) is 0 Å². The average Bonchev–Trinajstić information content (AvgIpc) is 3.25. The summed E-state index contributed by atoms with van der Waals surface area (Å²) in [6, 6.07) is 24.7.